The van der Waals surface area contributed by atoms with E-state index >= 15 is 0 Å². The maximum atomic E-state index is 13.4. The van der Waals surface area contributed by atoms with Crippen molar-refractivity contribution < 1.29 is 26.7 Å². The first-order valence-electron chi connectivity index (χ1n) is 11.2. The minimum absolute atomic E-state index is 0.0927. The van der Waals surface area contributed by atoms with Crippen LogP contribution in [0.5, 0.6) is 0 Å². The van der Waals surface area contributed by atoms with Gasteiger partial charge in [-0.15, -0.1) is 0 Å². The fraction of sp³-hybridized carbons (Fsp3) is 0.682. The molecule has 0 saturated heterocycles. The van der Waals surface area contributed by atoms with Crippen molar-refractivity contribution >= 4 is 11.6 Å². The van der Waals surface area contributed by atoms with Gasteiger partial charge in [0.2, 0.25) is 11.8 Å². The first-order chi connectivity index (χ1) is 15.1. The zero-order chi connectivity index (χ0) is 22.9. The van der Waals surface area contributed by atoms with Crippen molar-refractivity contribution in [3.63, 3.8) is 0 Å². The van der Waals surface area contributed by atoms with Crippen LogP contribution in [0.4, 0.5) is 22.0 Å². The van der Waals surface area contributed by atoms with Gasteiger partial charge in [0, 0.05) is 19.3 Å². The number of hydrogen-bond acceptors (Lipinski definition) is 3. The fourth-order valence-electron chi connectivity index (χ4n) is 4.56. The maximum Gasteiger partial charge on any atom is 0.389 e. The third kappa shape index (κ3) is 5.75. The van der Waals surface area contributed by atoms with Crippen LogP contribution in [0.2, 0.25) is 0 Å². The molecule has 4 rings (SSSR count). The van der Waals surface area contributed by atoms with Crippen LogP contribution in [0.25, 0.3) is 5.65 Å². The van der Waals surface area contributed by atoms with Gasteiger partial charge >= 0.3 is 6.18 Å². The molecule has 2 aromatic heterocycles. The first-order valence-corrected chi connectivity index (χ1v) is 11.2. The van der Waals surface area contributed by atoms with Crippen molar-refractivity contribution in [2.45, 2.75) is 82.3 Å². The number of fused-ring (bicyclic) bond motifs is 1. The van der Waals surface area contributed by atoms with Crippen LogP contribution in [-0.4, -0.2) is 32.6 Å². The Morgan fingerprint density at radius 1 is 1.22 bits per heavy atom. The Morgan fingerprint density at radius 2 is 1.94 bits per heavy atom. The van der Waals surface area contributed by atoms with E-state index in [9.17, 15) is 26.7 Å². The lowest BCUT2D eigenvalue weighted by Crippen LogP contribution is -2.36. The number of alkyl halides is 5. The molecule has 1 N–H and O–H groups in total. The SMILES string of the molecule is O=C(CCC(F)(F)F)N[C@@H](c1cnn2cc(CC3CCC(F)(F)CC3)nc2c1)C1CCC1. The van der Waals surface area contributed by atoms with Crippen molar-refractivity contribution in [2.75, 3.05) is 0 Å². The Kier molecular flexibility index (Phi) is 6.40. The van der Waals surface area contributed by atoms with Gasteiger partial charge in [0.1, 0.15) is 0 Å². The highest BCUT2D eigenvalue weighted by Gasteiger charge is 2.35. The van der Waals surface area contributed by atoms with Crippen LogP contribution < -0.4 is 5.32 Å². The quantitative estimate of drug-likeness (QED) is 0.566. The summed E-state index contributed by atoms with van der Waals surface area (Å²) >= 11 is 0. The Balaban J connectivity index is 1.45. The molecule has 2 heterocycles. The van der Waals surface area contributed by atoms with Crippen LogP contribution in [0, 0.1) is 11.8 Å². The summed E-state index contributed by atoms with van der Waals surface area (Å²) < 4.78 is 65.8. The highest BCUT2D eigenvalue weighted by atomic mass is 19.4. The number of carbonyl (C=O) groups is 1. The second-order valence-electron chi connectivity index (χ2n) is 9.18. The number of nitrogens with zero attached hydrogens (tertiary/aromatic N) is 3. The average Bonchev–Trinajstić information content (AvgIpc) is 3.07. The van der Waals surface area contributed by atoms with Gasteiger partial charge in [-0.3, -0.25) is 4.79 Å². The first kappa shape index (κ1) is 22.9. The summed E-state index contributed by atoms with van der Waals surface area (Å²) in [5, 5.41) is 7.14. The summed E-state index contributed by atoms with van der Waals surface area (Å²) in [7, 11) is 0. The molecule has 2 aliphatic carbocycles. The van der Waals surface area contributed by atoms with Gasteiger partial charge in [-0.2, -0.15) is 18.3 Å². The summed E-state index contributed by atoms with van der Waals surface area (Å²) in [6, 6.07) is 1.40. The Bertz CT molecular complexity index is 943. The molecule has 176 valence electrons. The number of hydrogen-bond donors (Lipinski definition) is 1. The molecule has 10 heteroatoms. The second-order valence-corrected chi connectivity index (χ2v) is 9.18. The molecule has 2 saturated carbocycles. The van der Waals surface area contributed by atoms with E-state index in [1.54, 1.807) is 23.0 Å². The van der Waals surface area contributed by atoms with E-state index in [2.05, 4.69) is 15.4 Å². The zero-order valence-electron chi connectivity index (χ0n) is 17.7. The molecular formula is C22H27F5N4O. The van der Waals surface area contributed by atoms with Gasteiger partial charge in [-0.05, 0) is 55.6 Å². The van der Waals surface area contributed by atoms with Gasteiger partial charge in [0.15, 0.2) is 5.65 Å². The van der Waals surface area contributed by atoms with Crippen LogP contribution in [0.15, 0.2) is 18.5 Å². The number of imidazole rings is 1. The Morgan fingerprint density at radius 3 is 2.56 bits per heavy atom. The van der Waals surface area contributed by atoms with E-state index in [4.69, 9.17) is 0 Å². The van der Waals surface area contributed by atoms with Crippen molar-refractivity contribution in [1.29, 1.82) is 0 Å². The molecule has 0 spiro atoms. The molecular weight excluding hydrogens is 431 g/mol. The monoisotopic (exact) mass is 458 g/mol. The van der Waals surface area contributed by atoms with E-state index in [0.29, 0.717) is 24.9 Å². The Labute approximate surface area is 182 Å². The third-order valence-electron chi connectivity index (χ3n) is 6.66. The highest BCUT2D eigenvalue weighted by molar-refractivity contribution is 5.76. The standard InChI is InChI=1S/C22H27F5N4O/c23-21(24)7-4-14(5-8-21)10-17-13-31-18(29-17)11-16(12-28-31)20(15-2-1-3-15)30-19(32)6-9-22(25,26)27/h11-15,20H,1-10H2,(H,30,32)/t20-/m1/s1. The molecule has 0 aromatic carbocycles. The second kappa shape index (κ2) is 8.94. The van der Waals surface area contributed by atoms with Crippen molar-refractivity contribution in [1.82, 2.24) is 19.9 Å². The summed E-state index contributed by atoms with van der Waals surface area (Å²) in [6.45, 7) is 0. The molecule has 2 fully saturated rings. The Hall–Kier alpha value is -2.26. The largest absolute Gasteiger partial charge is 0.389 e. The van der Waals surface area contributed by atoms with Gasteiger partial charge in [-0.1, -0.05) is 6.42 Å². The summed E-state index contributed by atoms with van der Waals surface area (Å²) in [5.74, 6) is -2.87. The molecule has 0 radical (unpaired) electrons. The predicted molar refractivity (Wildman–Crippen MR) is 107 cm³/mol. The van der Waals surface area contributed by atoms with Crippen LogP contribution in [-0.2, 0) is 11.2 Å². The normalized spacial score (nSPS) is 20.8. The topological polar surface area (TPSA) is 59.3 Å². The molecule has 2 aliphatic rings. The van der Waals surface area contributed by atoms with Gasteiger partial charge in [0.05, 0.1) is 30.6 Å². The van der Waals surface area contributed by atoms with E-state index in [-0.39, 0.29) is 24.7 Å². The van der Waals surface area contributed by atoms with Crippen LogP contribution >= 0.6 is 0 Å². The smallest absolute Gasteiger partial charge is 0.349 e. The minimum Gasteiger partial charge on any atom is -0.349 e. The van der Waals surface area contributed by atoms with E-state index < -0.39 is 36.9 Å². The fourth-order valence-corrected chi connectivity index (χ4v) is 4.56. The molecule has 0 unspecified atom stereocenters. The number of nitrogens with one attached hydrogen (secondary N) is 1. The number of rotatable bonds is 7. The van der Waals surface area contributed by atoms with Crippen molar-refractivity contribution in [2.24, 2.45) is 11.8 Å². The van der Waals surface area contributed by atoms with Gasteiger partial charge in [0.25, 0.3) is 0 Å². The molecule has 1 atom stereocenters. The lowest BCUT2D eigenvalue weighted by atomic mass is 9.77. The van der Waals surface area contributed by atoms with Crippen molar-refractivity contribution in [3.8, 4) is 0 Å². The van der Waals surface area contributed by atoms with Crippen molar-refractivity contribution in [3.05, 3.63) is 29.7 Å². The lowest BCUT2D eigenvalue weighted by molar-refractivity contribution is -0.144. The molecule has 0 bridgehead atoms. The van der Waals surface area contributed by atoms with Gasteiger partial charge < -0.3 is 5.32 Å². The van der Waals surface area contributed by atoms with Crippen LogP contribution in [0.1, 0.15) is 75.1 Å². The summed E-state index contributed by atoms with van der Waals surface area (Å²) in [6.07, 6.45) is 1.43. The average molecular weight is 458 g/mol. The zero-order valence-corrected chi connectivity index (χ0v) is 17.7. The number of amides is 1. The molecule has 0 aliphatic heterocycles. The maximum absolute atomic E-state index is 13.4. The third-order valence-corrected chi connectivity index (χ3v) is 6.66. The summed E-state index contributed by atoms with van der Waals surface area (Å²) in [4.78, 5) is 16.7. The predicted octanol–water partition coefficient (Wildman–Crippen LogP) is 5.40. The molecule has 5 nitrogen and oxygen atoms in total. The summed E-state index contributed by atoms with van der Waals surface area (Å²) in [5.41, 5.74) is 2.07. The minimum atomic E-state index is -4.37. The number of halogens is 5. The van der Waals surface area contributed by atoms with E-state index in [1.807, 2.05) is 0 Å². The van der Waals surface area contributed by atoms with E-state index in [1.165, 1.54) is 0 Å². The number of aromatic nitrogens is 3. The number of carbonyl (C=O) groups excluding carboxylic acids is 1. The molecule has 32 heavy (non-hydrogen) atoms. The molecule has 2 aromatic rings. The van der Waals surface area contributed by atoms with E-state index in [0.717, 1.165) is 30.5 Å². The molecule has 1 amide bonds. The van der Waals surface area contributed by atoms with Gasteiger partial charge in [-0.25, -0.2) is 18.3 Å². The van der Waals surface area contributed by atoms with Crippen LogP contribution in [0.3, 0.4) is 0 Å². The lowest BCUT2D eigenvalue weighted by Gasteiger charge is -2.34. The highest BCUT2D eigenvalue weighted by Crippen LogP contribution is 2.39.